The van der Waals surface area contributed by atoms with Crippen LogP contribution < -0.4 is 10.6 Å². The second-order valence-electron chi connectivity index (χ2n) is 10.9. The average molecular weight is 515 g/mol. The summed E-state index contributed by atoms with van der Waals surface area (Å²) in [6.07, 6.45) is 3.53. The van der Waals surface area contributed by atoms with Crippen molar-refractivity contribution in [1.82, 2.24) is 10.3 Å². The predicted molar refractivity (Wildman–Crippen MR) is 141 cm³/mol. The van der Waals surface area contributed by atoms with Crippen LogP contribution in [-0.4, -0.2) is 33.5 Å². The van der Waals surface area contributed by atoms with Gasteiger partial charge in [0.25, 0.3) is 5.91 Å². The number of nitrogens with one attached hydrogen (secondary N) is 2. The van der Waals surface area contributed by atoms with Crippen LogP contribution in [0.3, 0.4) is 0 Å². The van der Waals surface area contributed by atoms with Gasteiger partial charge in [0.15, 0.2) is 5.17 Å². The van der Waals surface area contributed by atoms with Crippen LogP contribution >= 0.6 is 23.4 Å². The molecule has 2 amide bonds. The summed E-state index contributed by atoms with van der Waals surface area (Å²) in [5, 5.41) is 6.83. The number of halogens is 1. The van der Waals surface area contributed by atoms with Gasteiger partial charge in [-0.25, -0.2) is 9.78 Å². The van der Waals surface area contributed by atoms with E-state index < -0.39 is 17.2 Å². The number of alkyl carbamates (subject to hydrolysis) is 1. The summed E-state index contributed by atoms with van der Waals surface area (Å²) in [5.41, 5.74) is 2.21. The van der Waals surface area contributed by atoms with Crippen LogP contribution in [0.2, 0.25) is 5.02 Å². The molecule has 1 aromatic carbocycles. The van der Waals surface area contributed by atoms with Crippen molar-refractivity contribution >= 4 is 46.2 Å². The van der Waals surface area contributed by atoms with E-state index >= 15 is 0 Å². The Balaban J connectivity index is 1.65. The number of amidine groups is 1. The molecule has 0 bridgehead atoms. The lowest BCUT2D eigenvalue weighted by molar-refractivity contribution is 0.0563. The number of hydrogen-bond acceptors (Lipinski definition) is 6. The minimum atomic E-state index is -0.590. The second kappa shape index (κ2) is 9.47. The predicted octanol–water partition coefficient (Wildman–Crippen LogP) is 6.17. The number of aromatic nitrogens is 1. The molecule has 2 N–H and O–H groups in total. The first-order valence-corrected chi connectivity index (χ1v) is 13.0. The van der Waals surface area contributed by atoms with Gasteiger partial charge in [0.2, 0.25) is 0 Å². The van der Waals surface area contributed by atoms with Crippen LogP contribution in [0.15, 0.2) is 41.5 Å². The molecule has 186 valence electrons. The first-order chi connectivity index (χ1) is 16.3. The number of nitrogens with zero attached hydrogens (tertiary/aromatic N) is 2. The molecule has 4 rings (SSSR count). The fourth-order valence-electron chi connectivity index (χ4n) is 4.79. The molecule has 2 heterocycles. The summed E-state index contributed by atoms with van der Waals surface area (Å²) in [7, 11) is 0. The summed E-state index contributed by atoms with van der Waals surface area (Å²) < 4.78 is 5.43. The van der Waals surface area contributed by atoms with Gasteiger partial charge in [0, 0.05) is 17.6 Å². The number of ether oxygens (including phenoxy) is 1. The monoisotopic (exact) mass is 514 g/mol. The van der Waals surface area contributed by atoms with Crippen molar-refractivity contribution in [3.63, 3.8) is 0 Å². The smallest absolute Gasteiger partial charge is 0.413 e. The Morgan fingerprint density at radius 2 is 1.91 bits per heavy atom. The molecule has 0 radical (unpaired) electrons. The standard InChI is InChI=1S/C26H31ClN4O3S/c1-24(2,3)34-23(33)30-22-31-26(10-11-35-22)15-25(4,5)13-16-6-8-18(12-19(16)26)29-21(32)20-9-7-17(27)14-28-20/h6-9,12,14H,10-11,13,15H2,1-5H3,(H,29,32)(H,30,31,33). The van der Waals surface area contributed by atoms with Gasteiger partial charge in [-0.3, -0.25) is 15.1 Å². The van der Waals surface area contributed by atoms with Crippen molar-refractivity contribution < 1.29 is 14.3 Å². The minimum Gasteiger partial charge on any atom is -0.444 e. The summed E-state index contributed by atoms with van der Waals surface area (Å²) in [5.74, 6) is 0.511. The van der Waals surface area contributed by atoms with E-state index in [9.17, 15) is 9.59 Å². The Hall–Kier alpha value is -2.58. The van der Waals surface area contributed by atoms with Crippen LogP contribution in [0.25, 0.3) is 0 Å². The van der Waals surface area contributed by atoms with Crippen LogP contribution in [0.4, 0.5) is 10.5 Å². The molecule has 35 heavy (non-hydrogen) atoms. The molecule has 1 unspecified atom stereocenters. The van der Waals surface area contributed by atoms with Crippen molar-refractivity contribution in [3.05, 3.63) is 58.4 Å². The highest BCUT2D eigenvalue weighted by molar-refractivity contribution is 8.13. The van der Waals surface area contributed by atoms with E-state index in [-0.39, 0.29) is 11.3 Å². The number of fused-ring (bicyclic) bond motifs is 2. The maximum Gasteiger partial charge on any atom is 0.413 e. The van der Waals surface area contributed by atoms with Gasteiger partial charge in [-0.2, -0.15) is 0 Å². The summed E-state index contributed by atoms with van der Waals surface area (Å²) >= 11 is 7.42. The number of carbonyl (C=O) groups excluding carboxylic acids is 2. The molecule has 0 saturated heterocycles. The van der Waals surface area contributed by atoms with Gasteiger partial charge in [-0.1, -0.05) is 43.3 Å². The summed E-state index contributed by atoms with van der Waals surface area (Å²) in [4.78, 5) is 34.4. The number of hydrogen-bond donors (Lipinski definition) is 2. The molecule has 2 aromatic rings. The molecule has 7 nitrogen and oxygen atoms in total. The normalized spacial score (nSPS) is 21.0. The topological polar surface area (TPSA) is 92.7 Å². The second-order valence-corrected chi connectivity index (χ2v) is 12.4. The molecule has 1 aliphatic carbocycles. The quantitative estimate of drug-likeness (QED) is 0.499. The molecule has 9 heteroatoms. The zero-order chi connectivity index (χ0) is 25.4. The third-order valence-corrected chi connectivity index (χ3v) is 7.05. The molecule has 0 fully saturated rings. The van der Waals surface area contributed by atoms with Crippen LogP contribution in [0.1, 0.15) is 69.1 Å². The Kier molecular flexibility index (Phi) is 6.90. The lowest BCUT2D eigenvalue weighted by Gasteiger charge is -2.46. The van der Waals surface area contributed by atoms with Gasteiger partial charge in [0.1, 0.15) is 11.3 Å². The lowest BCUT2D eigenvalue weighted by Crippen LogP contribution is -2.43. The Bertz CT molecular complexity index is 1170. The first-order valence-electron chi connectivity index (χ1n) is 11.6. The fraction of sp³-hybridized carbons (Fsp3) is 0.462. The highest BCUT2D eigenvalue weighted by Crippen LogP contribution is 2.51. The molecule has 0 saturated carbocycles. The summed E-state index contributed by atoms with van der Waals surface area (Å²) in [6.45, 7) is 9.99. The zero-order valence-corrected chi connectivity index (χ0v) is 22.3. The average Bonchev–Trinajstić information content (AvgIpc) is 2.73. The van der Waals surface area contributed by atoms with Crippen LogP contribution in [0, 0.1) is 5.41 Å². The molecule has 1 aliphatic heterocycles. The Morgan fingerprint density at radius 3 is 2.60 bits per heavy atom. The number of anilines is 1. The number of aliphatic imine (C=N–C) groups is 1. The van der Waals surface area contributed by atoms with Crippen molar-refractivity contribution in [2.75, 3.05) is 11.1 Å². The molecule has 1 aromatic heterocycles. The Morgan fingerprint density at radius 1 is 1.14 bits per heavy atom. The van der Waals surface area contributed by atoms with Gasteiger partial charge < -0.3 is 10.1 Å². The van der Waals surface area contributed by atoms with E-state index in [1.54, 1.807) is 12.1 Å². The number of amides is 2. The van der Waals surface area contributed by atoms with E-state index in [0.29, 0.717) is 21.6 Å². The SMILES string of the molecule is CC1(C)Cc2ccc(NC(=O)c3ccc(Cl)cn3)cc2C2(CCSC(NC(=O)OC(C)(C)C)=N2)C1. The van der Waals surface area contributed by atoms with E-state index in [0.717, 1.165) is 30.6 Å². The number of pyridine rings is 1. The van der Waals surface area contributed by atoms with Crippen molar-refractivity contribution in [2.45, 2.75) is 65.0 Å². The molecular formula is C26H31ClN4O3S. The maximum atomic E-state index is 12.7. The van der Waals surface area contributed by atoms with Crippen molar-refractivity contribution in [2.24, 2.45) is 10.4 Å². The molecular weight excluding hydrogens is 484 g/mol. The highest BCUT2D eigenvalue weighted by Gasteiger charge is 2.45. The van der Waals surface area contributed by atoms with Crippen molar-refractivity contribution in [3.8, 4) is 0 Å². The molecule has 2 aliphatic rings. The third kappa shape index (κ3) is 6.16. The van der Waals surface area contributed by atoms with Crippen molar-refractivity contribution in [1.29, 1.82) is 0 Å². The van der Waals surface area contributed by atoms with E-state index in [2.05, 4.69) is 35.5 Å². The third-order valence-electron chi connectivity index (χ3n) is 5.95. The number of benzene rings is 1. The van der Waals surface area contributed by atoms with Gasteiger partial charge in [-0.05, 0) is 80.8 Å². The number of rotatable bonds is 2. The largest absolute Gasteiger partial charge is 0.444 e. The number of thioether (sulfide) groups is 1. The fourth-order valence-corrected chi connectivity index (χ4v) is 5.93. The molecule has 1 atom stereocenters. The van der Waals surface area contributed by atoms with E-state index in [1.807, 2.05) is 32.9 Å². The van der Waals surface area contributed by atoms with Gasteiger partial charge in [0.05, 0.1) is 10.6 Å². The summed E-state index contributed by atoms with van der Waals surface area (Å²) in [6, 6.07) is 9.24. The van der Waals surface area contributed by atoms with E-state index in [1.165, 1.54) is 23.5 Å². The Labute approximate surface area is 215 Å². The van der Waals surface area contributed by atoms with Gasteiger partial charge in [-0.15, -0.1) is 0 Å². The zero-order valence-electron chi connectivity index (χ0n) is 20.7. The highest BCUT2D eigenvalue weighted by atomic mass is 35.5. The first kappa shape index (κ1) is 25.5. The lowest BCUT2D eigenvalue weighted by atomic mass is 9.64. The van der Waals surface area contributed by atoms with E-state index in [4.69, 9.17) is 21.3 Å². The molecule has 1 spiro atoms. The maximum absolute atomic E-state index is 12.7. The van der Waals surface area contributed by atoms with Crippen LogP contribution in [-0.2, 0) is 16.7 Å². The van der Waals surface area contributed by atoms with Gasteiger partial charge >= 0.3 is 6.09 Å². The number of carbonyl (C=O) groups is 2. The minimum absolute atomic E-state index is 0.0352. The van der Waals surface area contributed by atoms with Crippen LogP contribution in [0.5, 0.6) is 0 Å².